The molecule has 1 N–H and O–H groups in total. The number of carbonyl (C=O) groups is 1. The smallest absolute Gasteiger partial charge is 0.257 e. The number of nitrogens with one attached hydrogen (secondary N) is 1. The number of halogens is 1. The summed E-state index contributed by atoms with van der Waals surface area (Å²) in [6.07, 6.45) is 0.653. The topological polar surface area (TPSA) is 80.6 Å². The van der Waals surface area contributed by atoms with Crippen molar-refractivity contribution in [1.29, 1.82) is 5.26 Å². The van der Waals surface area contributed by atoms with Gasteiger partial charge in [-0.15, -0.1) is 0 Å². The van der Waals surface area contributed by atoms with Crippen molar-refractivity contribution in [2.75, 3.05) is 26.9 Å². The van der Waals surface area contributed by atoms with Gasteiger partial charge in [-0.25, -0.2) is 0 Å². The fourth-order valence-corrected chi connectivity index (χ4v) is 3.03. The Balaban J connectivity index is 1.91. The SMILES string of the molecule is CCOc1cc(C#N)cc(Br)c1OCC(=O)NCCc1ccccc1OC. The van der Waals surface area contributed by atoms with E-state index in [2.05, 4.69) is 27.3 Å². The largest absolute Gasteiger partial charge is 0.496 e. The van der Waals surface area contributed by atoms with E-state index in [0.717, 1.165) is 11.3 Å². The van der Waals surface area contributed by atoms with Crippen LogP contribution < -0.4 is 19.5 Å². The van der Waals surface area contributed by atoms with E-state index < -0.39 is 0 Å². The highest BCUT2D eigenvalue weighted by atomic mass is 79.9. The van der Waals surface area contributed by atoms with E-state index in [-0.39, 0.29) is 12.5 Å². The molecule has 0 heterocycles. The Morgan fingerprint density at radius 3 is 2.70 bits per heavy atom. The van der Waals surface area contributed by atoms with Crippen LogP contribution in [0, 0.1) is 11.3 Å². The molecule has 2 rings (SSSR count). The van der Waals surface area contributed by atoms with Crippen molar-refractivity contribution in [2.24, 2.45) is 0 Å². The number of hydrogen-bond donors (Lipinski definition) is 1. The molecule has 142 valence electrons. The number of para-hydroxylation sites is 1. The van der Waals surface area contributed by atoms with Gasteiger partial charge in [0.05, 0.1) is 29.8 Å². The van der Waals surface area contributed by atoms with Crippen LogP contribution in [0.1, 0.15) is 18.1 Å². The fourth-order valence-electron chi connectivity index (χ4n) is 2.47. The van der Waals surface area contributed by atoms with E-state index in [1.807, 2.05) is 31.2 Å². The second-order valence-corrected chi connectivity index (χ2v) is 6.38. The average molecular weight is 433 g/mol. The average Bonchev–Trinajstić information content (AvgIpc) is 2.67. The monoisotopic (exact) mass is 432 g/mol. The molecule has 0 saturated heterocycles. The van der Waals surface area contributed by atoms with E-state index in [4.69, 9.17) is 19.5 Å². The van der Waals surface area contributed by atoms with Crippen molar-refractivity contribution in [3.8, 4) is 23.3 Å². The van der Waals surface area contributed by atoms with Crippen LogP contribution in [0.4, 0.5) is 0 Å². The maximum Gasteiger partial charge on any atom is 0.257 e. The van der Waals surface area contributed by atoms with Gasteiger partial charge < -0.3 is 19.5 Å². The van der Waals surface area contributed by atoms with Gasteiger partial charge in [-0.1, -0.05) is 18.2 Å². The Morgan fingerprint density at radius 2 is 2.00 bits per heavy atom. The number of nitriles is 1. The Hall–Kier alpha value is -2.72. The van der Waals surface area contributed by atoms with Gasteiger partial charge in [-0.05, 0) is 47.0 Å². The molecule has 0 unspecified atom stereocenters. The number of ether oxygens (including phenoxy) is 3. The highest BCUT2D eigenvalue weighted by Crippen LogP contribution is 2.36. The van der Waals surface area contributed by atoms with Crippen molar-refractivity contribution in [2.45, 2.75) is 13.3 Å². The third kappa shape index (κ3) is 5.90. The summed E-state index contributed by atoms with van der Waals surface area (Å²) in [4.78, 5) is 12.1. The normalized spacial score (nSPS) is 10.0. The Kier molecular flexibility index (Phi) is 7.96. The molecule has 6 nitrogen and oxygen atoms in total. The van der Waals surface area contributed by atoms with Crippen LogP contribution in [-0.4, -0.2) is 32.8 Å². The zero-order chi connectivity index (χ0) is 19.6. The molecule has 7 heteroatoms. The Labute approximate surface area is 167 Å². The van der Waals surface area contributed by atoms with Crippen molar-refractivity contribution in [1.82, 2.24) is 5.32 Å². The molecule has 0 aliphatic rings. The molecular formula is C20H21BrN2O4. The first kappa shape index (κ1) is 20.6. The zero-order valence-corrected chi connectivity index (χ0v) is 16.8. The fraction of sp³-hybridized carbons (Fsp3) is 0.300. The van der Waals surface area contributed by atoms with Gasteiger partial charge in [0.15, 0.2) is 18.1 Å². The maximum atomic E-state index is 12.1. The Morgan fingerprint density at radius 1 is 1.22 bits per heavy atom. The summed E-state index contributed by atoms with van der Waals surface area (Å²) in [7, 11) is 1.62. The molecule has 0 fully saturated rings. The van der Waals surface area contributed by atoms with Gasteiger partial charge in [0, 0.05) is 12.6 Å². The molecule has 0 aliphatic carbocycles. The molecule has 0 radical (unpaired) electrons. The van der Waals surface area contributed by atoms with Gasteiger partial charge >= 0.3 is 0 Å². The summed E-state index contributed by atoms with van der Waals surface area (Å²) in [5.41, 5.74) is 1.47. The molecule has 0 saturated carbocycles. The van der Waals surface area contributed by atoms with Gasteiger partial charge in [-0.3, -0.25) is 4.79 Å². The number of benzene rings is 2. The third-order valence-corrected chi connectivity index (χ3v) is 4.28. The lowest BCUT2D eigenvalue weighted by molar-refractivity contribution is -0.123. The molecule has 0 bridgehead atoms. The summed E-state index contributed by atoms with van der Waals surface area (Å²) in [5.74, 6) is 1.37. The summed E-state index contributed by atoms with van der Waals surface area (Å²) in [5, 5.41) is 11.9. The highest BCUT2D eigenvalue weighted by Gasteiger charge is 2.14. The van der Waals surface area contributed by atoms with E-state index in [9.17, 15) is 4.79 Å². The molecule has 0 atom stereocenters. The van der Waals surface area contributed by atoms with E-state index in [0.29, 0.717) is 41.1 Å². The zero-order valence-electron chi connectivity index (χ0n) is 15.3. The van der Waals surface area contributed by atoms with Gasteiger partial charge in [-0.2, -0.15) is 5.26 Å². The minimum absolute atomic E-state index is 0.156. The molecule has 0 aromatic heterocycles. The number of amides is 1. The first-order chi connectivity index (χ1) is 13.1. The Bertz CT molecular complexity index is 833. The van der Waals surface area contributed by atoms with Crippen LogP contribution in [-0.2, 0) is 11.2 Å². The van der Waals surface area contributed by atoms with Crippen LogP contribution in [0.15, 0.2) is 40.9 Å². The first-order valence-electron chi connectivity index (χ1n) is 8.46. The lowest BCUT2D eigenvalue weighted by Crippen LogP contribution is -2.30. The van der Waals surface area contributed by atoms with Crippen molar-refractivity contribution in [3.63, 3.8) is 0 Å². The van der Waals surface area contributed by atoms with Gasteiger partial charge in [0.25, 0.3) is 5.91 Å². The van der Waals surface area contributed by atoms with Crippen LogP contribution in [0.3, 0.4) is 0 Å². The molecule has 0 spiro atoms. The van der Waals surface area contributed by atoms with E-state index in [1.165, 1.54) is 0 Å². The van der Waals surface area contributed by atoms with Gasteiger partial charge in [0.1, 0.15) is 5.75 Å². The van der Waals surface area contributed by atoms with Crippen molar-refractivity contribution < 1.29 is 19.0 Å². The number of carbonyl (C=O) groups excluding carboxylic acids is 1. The highest BCUT2D eigenvalue weighted by molar-refractivity contribution is 9.10. The number of nitrogens with zero attached hydrogens (tertiary/aromatic N) is 1. The quantitative estimate of drug-likeness (QED) is 0.655. The first-order valence-corrected chi connectivity index (χ1v) is 9.26. The van der Waals surface area contributed by atoms with Crippen LogP contribution in [0.2, 0.25) is 0 Å². The molecular weight excluding hydrogens is 412 g/mol. The second kappa shape index (κ2) is 10.4. The standard InChI is InChI=1S/C20H21BrN2O4/c1-3-26-18-11-14(12-22)10-16(21)20(18)27-13-19(24)23-9-8-15-6-4-5-7-17(15)25-2/h4-7,10-11H,3,8-9,13H2,1-2H3,(H,23,24). The molecule has 1 amide bonds. The summed E-state index contributed by atoms with van der Waals surface area (Å²) < 4.78 is 17.0. The minimum atomic E-state index is -0.247. The van der Waals surface area contributed by atoms with E-state index in [1.54, 1.807) is 19.2 Å². The molecule has 0 aliphatic heterocycles. The number of rotatable bonds is 9. The van der Waals surface area contributed by atoms with Crippen LogP contribution in [0.25, 0.3) is 0 Å². The maximum absolute atomic E-state index is 12.1. The van der Waals surface area contributed by atoms with Crippen LogP contribution >= 0.6 is 15.9 Å². The van der Waals surface area contributed by atoms with E-state index >= 15 is 0 Å². The van der Waals surface area contributed by atoms with Gasteiger partial charge in [0.2, 0.25) is 0 Å². The molecule has 2 aromatic carbocycles. The second-order valence-electron chi connectivity index (χ2n) is 5.53. The third-order valence-electron chi connectivity index (χ3n) is 3.70. The molecule has 2 aromatic rings. The van der Waals surface area contributed by atoms with Crippen molar-refractivity contribution in [3.05, 3.63) is 52.0 Å². The lowest BCUT2D eigenvalue weighted by atomic mass is 10.1. The minimum Gasteiger partial charge on any atom is -0.496 e. The lowest BCUT2D eigenvalue weighted by Gasteiger charge is -2.14. The summed E-state index contributed by atoms with van der Waals surface area (Å²) in [6.45, 7) is 2.57. The van der Waals surface area contributed by atoms with Crippen LogP contribution in [0.5, 0.6) is 17.2 Å². The molecule has 27 heavy (non-hydrogen) atoms. The van der Waals surface area contributed by atoms with Crippen molar-refractivity contribution >= 4 is 21.8 Å². The predicted octanol–water partition coefficient (Wildman–Crippen LogP) is 3.47. The number of methoxy groups -OCH3 is 1. The summed E-state index contributed by atoms with van der Waals surface area (Å²) in [6, 6.07) is 12.9. The summed E-state index contributed by atoms with van der Waals surface area (Å²) >= 11 is 3.36. The number of hydrogen-bond acceptors (Lipinski definition) is 5. The predicted molar refractivity (Wildman–Crippen MR) is 105 cm³/mol.